The maximum atomic E-state index is 12.2. The second kappa shape index (κ2) is 3.69. The van der Waals surface area contributed by atoms with Crippen LogP contribution in [0, 0.1) is 0 Å². The minimum Gasteiger partial charge on any atom is -0.297 e. The summed E-state index contributed by atoms with van der Waals surface area (Å²) in [6, 6.07) is 1.53. The van der Waals surface area contributed by atoms with Gasteiger partial charge in [0.25, 0.3) is 5.56 Å². The Kier molecular flexibility index (Phi) is 2.49. The third-order valence-corrected chi connectivity index (χ3v) is 4.73. The van der Waals surface area contributed by atoms with E-state index >= 15 is 0 Å². The van der Waals surface area contributed by atoms with Gasteiger partial charge in [0.2, 0.25) is 0 Å². The molecule has 5 heteroatoms. The SMILES string of the molecule is O=C1CC2(CCCC2)n2c1c(Cl)cc(Br)c2=O. The van der Waals surface area contributed by atoms with Gasteiger partial charge in [-0.15, -0.1) is 0 Å². The van der Waals surface area contributed by atoms with Crippen LogP contribution in [0.3, 0.4) is 0 Å². The van der Waals surface area contributed by atoms with Crippen LogP contribution in [0.2, 0.25) is 5.02 Å². The van der Waals surface area contributed by atoms with Gasteiger partial charge in [-0.1, -0.05) is 24.4 Å². The molecule has 1 saturated carbocycles. The lowest BCUT2D eigenvalue weighted by atomic mass is 9.94. The van der Waals surface area contributed by atoms with Crippen LogP contribution in [0.5, 0.6) is 0 Å². The molecular formula is C12H11BrClNO2. The second-order valence-corrected chi connectivity index (χ2v) is 6.12. The number of aromatic nitrogens is 1. The van der Waals surface area contributed by atoms with Gasteiger partial charge in [0.05, 0.1) is 15.0 Å². The van der Waals surface area contributed by atoms with Crippen molar-refractivity contribution in [2.24, 2.45) is 0 Å². The molecule has 0 radical (unpaired) electrons. The number of carbonyl (C=O) groups excluding carboxylic acids is 1. The van der Waals surface area contributed by atoms with Crippen molar-refractivity contribution in [1.82, 2.24) is 4.57 Å². The standard InChI is InChI=1S/C12H11BrClNO2/c13-7-5-8(14)10-9(16)6-12(3-1-2-4-12)15(10)11(7)17/h5H,1-4,6H2. The fourth-order valence-corrected chi connectivity index (χ4v) is 4.00. The van der Waals surface area contributed by atoms with Gasteiger partial charge in [-0.05, 0) is 34.8 Å². The van der Waals surface area contributed by atoms with Crippen LogP contribution in [-0.2, 0) is 5.54 Å². The fourth-order valence-electron chi connectivity index (χ4n) is 3.16. The molecule has 1 aliphatic heterocycles. The van der Waals surface area contributed by atoms with Crippen molar-refractivity contribution in [3.8, 4) is 0 Å². The molecule has 0 saturated heterocycles. The van der Waals surface area contributed by atoms with E-state index in [1.54, 1.807) is 4.57 Å². The normalized spacial score (nSPS) is 21.2. The summed E-state index contributed by atoms with van der Waals surface area (Å²) in [5, 5.41) is 0.380. The van der Waals surface area contributed by atoms with Crippen molar-refractivity contribution < 1.29 is 4.79 Å². The van der Waals surface area contributed by atoms with E-state index in [1.165, 1.54) is 6.07 Å². The Morgan fingerprint density at radius 2 is 1.94 bits per heavy atom. The molecule has 0 unspecified atom stereocenters. The first-order valence-corrected chi connectivity index (χ1v) is 6.87. The summed E-state index contributed by atoms with van der Waals surface area (Å²) in [6.45, 7) is 0. The number of ketones is 1. The number of rotatable bonds is 0. The minimum atomic E-state index is -0.295. The Labute approximate surface area is 112 Å². The number of pyridine rings is 1. The smallest absolute Gasteiger partial charge is 0.266 e. The Balaban J connectivity index is 2.36. The van der Waals surface area contributed by atoms with E-state index in [0.29, 0.717) is 21.6 Å². The number of halogens is 2. The third-order valence-electron chi connectivity index (χ3n) is 3.87. The molecule has 2 aliphatic rings. The van der Waals surface area contributed by atoms with E-state index in [-0.39, 0.29) is 16.9 Å². The van der Waals surface area contributed by atoms with Crippen LogP contribution in [0.25, 0.3) is 0 Å². The molecule has 0 amide bonds. The molecule has 0 atom stereocenters. The summed E-state index contributed by atoms with van der Waals surface area (Å²) in [7, 11) is 0. The molecule has 1 aliphatic carbocycles. The Bertz CT molecular complexity index is 573. The van der Waals surface area contributed by atoms with Crippen LogP contribution in [0.1, 0.15) is 42.6 Å². The van der Waals surface area contributed by atoms with Gasteiger partial charge in [-0.2, -0.15) is 0 Å². The topological polar surface area (TPSA) is 39.1 Å². The summed E-state index contributed by atoms with van der Waals surface area (Å²) in [5.41, 5.74) is -0.0179. The molecule has 2 heterocycles. The average molecular weight is 317 g/mol. The van der Waals surface area contributed by atoms with Crippen LogP contribution in [0.15, 0.2) is 15.3 Å². The molecule has 17 heavy (non-hydrogen) atoms. The molecule has 90 valence electrons. The average Bonchev–Trinajstić information content (AvgIpc) is 2.82. The maximum absolute atomic E-state index is 12.2. The van der Waals surface area contributed by atoms with E-state index in [0.717, 1.165) is 25.7 Å². The minimum absolute atomic E-state index is 0.00139. The lowest BCUT2D eigenvalue weighted by Gasteiger charge is -2.25. The van der Waals surface area contributed by atoms with Crippen molar-refractivity contribution in [3.63, 3.8) is 0 Å². The van der Waals surface area contributed by atoms with Gasteiger partial charge in [-0.25, -0.2) is 0 Å². The van der Waals surface area contributed by atoms with Gasteiger partial charge >= 0.3 is 0 Å². The van der Waals surface area contributed by atoms with E-state index in [9.17, 15) is 9.59 Å². The summed E-state index contributed by atoms with van der Waals surface area (Å²) < 4.78 is 2.08. The van der Waals surface area contributed by atoms with Crippen molar-refractivity contribution in [1.29, 1.82) is 0 Å². The molecular weight excluding hydrogens is 305 g/mol. The zero-order chi connectivity index (χ0) is 12.2. The summed E-state index contributed by atoms with van der Waals surface area (Å²) in [5.74, 6) is 0.00139. The quantitative estimate of drug-likeness (QED) is 0.737. The number of Topliss-reactive ketones (excluding diaryl/α,β-unsaturated/α-hetero) is 1. The van der Waals surface area contributed by atoms with E-state index in [2.05, 4.69) is 15.9 Å². The molecule has 0 bridgehead atoms. The van der Waals surface area contributed by atoms with Crippen molar-refractivity contribution in [2.45, 2.75) is 37.6 Å². The lowest BCUT2D eigenvalue weighted by Crippen LogP contribution is -2.36. The molecule has 1 aromatic rings. The van der Waals surface area contributed by atoms with E-state index < -0.39 is 0 Å². The molecule has 3 rings (SSSR count). The Morgan fingerprint density at radius 1 is 1.29 bits per heavy atom. The Hall–Kier alpha value is -0.610. The molecule has 3 nitrogen and oxygen atoms in total. The highest BCUT2D eigenvalue weighted by Gasteiger charge is 2.46. The van der Waals surface area contributed by atoms with Crippen LogP contribution >= 0.6 is 27.5 Å². The molecule has 0 aromatic carbocycles. The summed E-state index contributed by atoms with van der Waals surface area (Å²) >= 11 is 9.31. The first kappa shape index (κ1) is 11.5. The number of carbonyl (C=O) groups is 1. The summed E-state index contributed by atoms with van der Waals surface area (Å²) in [4.78, 5) is 24.3. The number of hydrogen-bond donors (Lipinski definition) is 0. The third kappa shape index (κ3) is 1.47. The van der Waals surface area contributed by atoms with Crippen LogP contribution in [-0.4, -0.2) is 10.4 Å². The fraction of sp³-hybridized carbons (Fsp3) is 0.500. The van der Waals surface area contributed by atoms with Gasteiger partial charge in [0.15, 0.2) is 5.78 Å². The zero-order valence-corrected chi connectivity index (χ0v) is 11.5. The summed E-state index contributed by atoms with van der Waals surface area (Å²) in [6.07, 6.45) is 4.38. The zero-order valence-electron chi connectivity index (χ0n) is 9.13. The first-order valence-electron chi connectivity index (χ1n) is 5.70. The predicted octanol–water partition coefficient (Wildman–Crippen LogP) is 3.12. The number of fused-ring (bicyclic) bond motifs is 2. The molecule has 0 N–H and O–H groups in total. The first-order chi connectivity index (χ1) is 8.05. The van der Waals surface area contributed by atoms with Gasteiger partial charge in [0.1, 0.15) is 5.69 Å². The monoisotopic (exact) mass is 315 g/mol. The highest BCUT2D eigenvalue weighted by molar-refractivity contribution is 9.10. The highest BCUT2D eigenvalue weighted by atomic mass is 79.9. The van der Waals surface area contributed by atoms with E-state index in [4.69, 9.17) is 11.6 Å². The maximum Gasteiger partial charge on any atom is 0.266 e. The molecule has 1 aromatic heterocycles. The van der Waals surface area contributed by atoms with Crippen molar-refractivity contribution in [2.75, 3.05) is 0 Å². The van der Waals surface area contributed by atoms with Crippen molar-refractivity contribution in [3.05, 3.63) is 31.6 Å². The lowest BCUT2D eigenvalue weighted by molar-refractivity contribution is 0.0971. The van der Waals surface area contributed by atoms with Crippen LogP contribution < -0.4 is 5.56 Å². The largest absolute Gasteiger partial charge is 0.297 e. The Morgan fingerprint density at radius 3 is 2.59 bits per heavy atom. The van der Waals surface area contributed by atoms with Gasteiger partial charge < -0.3 is 0 Å². The second-order valence-electron chi connectivity index (χ2n) is 4.86. The number of hydrogen-bond acceptors (Lipinski definition) is 2. The molecule has 1 spiro atoms. The number of nitrogens with zero attached hydrogens (tertiary/aromatic N) is 1. The van der Waals surface area contributed by atoms with Gasteiger partial charge in [-0.3, -0.25) is 14.2 Å². The van der Waals surface area contributed by atoms with Gasteiger partial charge in [0, 0.05) is 6.42 Å². The highest BCUT2D eigenvalue weighted by Crippen LogP contribution is 2.45. The molecule has 1 fully saturated rings. The van der Waals surface area contributed by atoms with E-state index in [1.807, 2.05) is 0 Å². The predicted molar refractivity (Wildman–Crippen MR) is 68.8 cm³/mol. The van der Waals surface area contributed by atoms with Crippen molar-refractivity contribution >= 4 is 33.3 Å². The van der Waals surface area contributed by atoms with Crippen LogP contribution in [0.4, 0.5) is 0 Å².